The number of rotatable bonds is 4. The largest absolute Gasteiger partial charge is 0.330 e. The van der Waals surface area contributed by atoms with E-state index < -0.39 is 0 Å². The van der Waals surface area contributed by atoms with Crippen LogP contribution in [0.4, 0.5) is 0 Å². The molecule has 0 aliphatic carbocycles. The Labute approximate surface area is 135 Å². The summed E-state index contributed by atoms with van der Waals surface area (Å²) < 4.78 is 0. The maximum Gasteiger partial charge on any atom is 0.142 e. The van der Waals surface area contributed by atoms with Crippen LogP contribution in [0.3, 0.4) is 0 Å². The van der Waals surface area contributed by atoms with Gasteiger partial charge in [-0.05, 0) is 37.1 Å². The maximum absolute atomic E-state index is 5.86. The average Bonchev–Trinajstić information content (AvgIpc) is 3.08. The third-order valence-corrected chi connectivity index (χ3v) is 4.86. The van der Waals surface area contributed by atoms with Crippen LogP contribution in [0, 0.1) is 5.41 Å². The summed E-state index contributed by atoms with van der Waals surface area (Å²) in [6.45, 7) is 6.14. The number of pyridine rings is 1. The lowest BCUT2D eigenvalue weighted by Crippen LogP contribution is -2.31. The minimum atomic E-state index is 0. The number of nitrogens with zero attached hydrogens (tertiary/aromatic N) is 3. The van der Waals surface area contributed by atoms with E-state index >= 15 is 0 Å². The highest BCUT2D eigenvalue weighted by atomic mass is 35.5. The molecule has 2 N–H and O–H groups in total. The van der Waals surface area contributed by atoms with Crippen molar-refractivity contribution >= 4 is 23.7 Å². The van der Waals surface area contributed by atoms with Crippen molar-refractivity contribution in [2.45, 2.75) is 19.9 Å². The molecule has 0 radical (unpaired) electrons. The molecule has 0 aromatic carbocycles. The van der Waals surface area contributed by atoms with Crippen LogP contribution < -0.4 is 5.73 Å². The molecular weight excluding hydrogens is 304 g/mol. The smallest absolute Gasteiger partial charge is 0.142 e. The molecule has 0 bridgehead atoms. The second-order valence-corrected chi connectivity index (χ2v) is 6.69. The molecule has 2 aromatic heterocycles. The summed E-state index contributed by atoms with van der Waals surface area (Å²) in [4.78, 5) is 11.5. The minimum Gasteiger partial charge on any atom is -0.330 e. The molecule has 1 aliphatic heterocycles. The first kappa shape index (κ1) is 16.4. The van der Waals surface area contributed by atoms with E-state index in [0.29, 0.717) is 0 Å². The van der Waals surface area contributed by atoms with Crippen LogP contribution >= 0.6 is 23.7 Å². The number of hydrogen-bond donors (Lipinski definition) is 1. The Balaban J connectivity index is 0.00000161. The fourth-order valence-electron chi connectivity index (χ4n) is 2.64. The van der Waals surface area contributed by atoms with Gasteiger partial charge in [0.25, 0.3) is 0 Å². The zero-order valence-corrected chi connectivity index (χ0v) is 13.8. The maximum atomic E-state index is 5.86. The van der Waals surface area contributed by atoms with E-state index in [9.17, 15) is 0 Å². The van der Waals surface area contributed by atoms with E-state index in [4.69, 9.17) is 10.7 Å². The summed E-state index contributed by atoms with van der Waals surface area (Å²) in [7, 11) is 0. The third-order valence-electron chi connectivity index (χ3n) is 3.95. The Hall–Kier alpha value is -1.01. The summed E-state index contributed by atoms with van der Waals surface area (Å²) in [6.07, 6.45) is 2.99. The van der Waals surface area contributed by atoms with Gasteiger partial charge in [0.2, 0.25) is 0 Å². The minimum absolute atomic E-state index is 0. The van der Waals surface area contributed by atoms with Gasteiger partial charge in [0.1, 0.15) is 5.01 Å². The Morgan fingerprint density at radius 2 is 2.29 bits per heavy atom. The molecule has 1 unspecified atom stereocenters. The van der Waals surface area contributed by atoms with Gasteiger partial charge in [0, 0.05) is 24.7 Å². The van der Waals surface area contributed by atoms with Crippen LogP contribution in [0.25, 0.3) is 10.7 Å². The molecule has 114 valence electrons. The van der Waals surface area contributed by atoms with E-state index in [2.05, 4.69) is 22.2 Å². The van der Waals surface area contributed by atoms with Crippen molar-refractivity contribution in [2.75, 3.05) is 19.6 Å². The van der Waals surface area contributed by atoms with E-state index in [0.717, 1.165) is 42.6 Å². The Kier molecular flexibility index (Phi) is 5.32. The molecule has 1 fully saturated rings. The molecule has 3 heterocycles. The van der Waals surface area contributed by atoms with Crippen molar-refractivity contribution < 1.29 is 0 Å². The van der Waals surface area contributed by atoms with Gasteiger partial charge in [-0.1, -0.05) is 13.0 Å². The van der Waals surface area contributed by atoms with Gasteiger partial charge in [0.15, 0.2) is 0 Å². The molecule has 1 atom stereocenters. The highest BCUT2D eigenvalue weighted by Gasteiger charge is 2.32. The molecule has 1 saturated heterocycles. The van der Waals surface area contributed by atoms with Gasteiger partial charge in [-0.25, -0.2) is 4.98 Å². The molecule has 0 saturated carbocycles. The van der Waals surface area contributed by atoms with Crippen molar-refractivity contribution in [3.05, 3.63) is 35.5 Å². The van der Waals surface area contributed by atoms with Gasteiger partial charge in [-0.15, -0.1) is 23.7 Å². The second kappa shape index (κ2) is 6.83. The number of likely N-dealkylation sites (tertiary alicyclic amines) is 1. The highest BCUT2D eigenvalue weighted by molar-refractivity contribution is 7.13. The van der Waals surface area contributed by atoms with Crippen molar-refractivity contribution in [1.82, 2.24) is 14.9 Å². The van der Waals surface area contributed by atoms with Gasteiger partial charge in [0.05, 0.1) is 11.4 Å². The number of nitrogens with two attached hydrogens (primary N) is 1. The van der Waals surface area contributed by atoms with Gasteiger partial charge in [-0.2, -0.15) is 0 Å². The van der Waals surface area contributed by atoms with Crippen molar-refractivity contribution in [3.63, 3.8) is 0 Å². The summed E-state index contributed by atoms with van der Waals surface area (Å²) in [5, 5.41) is 3.14. The zero-order valence-electron chi connectivity index (χ0n) is 12.2. The van der Waals surface area contributed by atoms with E-state index in [1.807, 2.05) is 24.4 Å². The molecule has 2 aromatic rings. The molecule has 1 aliphatic rings. The predicted molar refractivity (Wildman–Crippen MR) is 89.6 cm³/mol. The number of hydrogen-bond acceptors (Lipinski definition) is 5. The second-order valence-electron chi connectivity index (χ2n) is 5.83. The first-order valence-electron chi connectivity index (χ1n) is 6.97. The lowest BCUT2D eigenvalue weighted by Gasteiger charge is -2.22. The van der Waals surface area contributed by atoms with Crippen LogP contribution in [0.5, 0.6) is 0 Å². The molecule has 21 heavy (non-hydrogen) atoms. The fourth-order valence-corrected chi connectivity index (χ4v) is 3.43. The molecule has 6 heteroatoms. The zero-order chi connectivity index (χ0) is 14.0. The quantitative estimate of drug-likeness (QED) is 0.939. The van der Waals surface area contributed by atoms with E-state index in [-0.39, 0.29) is 17.8 Å². The molecule has 0 spiro atoms. The lowest BCUT2D eigenvalue weighted by molar-refractivity contribution is 0.272. The van der Waals surface area contributed by atoms with Crippen LogP contribution in [-0.2, 0) is 6.54 Å². The number of halogens is 1. The summed E-state index contributed by atoms with van der Waals surface area (Å²) in [6, 6.07) is 5.93. The highest BCUT2D eigenvalue weighted by Crippen LogP contribution is 2.30. The van der Waals surface area contributed by atoms with Crippen molar-refractivity contribution in [3.8, 4) is 10.7 Å². The van der Waals surface area contributed by atoms with Gasteiger partial charge >= 0.3 is 0 Å². The standard InChI is InChI=1S/C15H20N4S.ClH/c1-15(10-16)5-7-19(11-15)8-12-9-20-14(18-12)13-4-2-3-6-17-13;/h2-4,6,9H,5,7-8,10-11,16H2,1H3;1H. The fraction of sp³-hybridized carbons (Fsp3) is 0.467. The van der Waals surface area contributed by atoms with Crippen molar-refractivity contribution in [2.24, 2.45) is 11.1 Å². The van der Waals surface area contributed by atoms with Crippen molar-refractivity contribution in [1.29, 1.82) is 0 Å². The summed E-state index contributed by atoms with van der Waals surface area (Å²) in [5.41, 5.74) is 8.22. The summed E-state index contributed by atoms with van der Waals surface area (Å²) >= 11 is 1.67. The predicted octanol–water partition coefficient (Wildman–Crippen LogP) is 2.80. The van der Waals surface area contributed by atoms with E-state index in [1.54, 1.807) is 11.3 Å². The Morgan fingerprint density at radius 3 is 2.95 bits per heavy atom. The number of thiazole rings is 1. The third kappa shape index (κ3) is 3.80. The molecule has 3 rings (SSSR count). The van der Waals surface area contributed by atoms with E-state index in [1.165, 1.54) is 6.42 Å². The van der Waals surface area contributed by atoms with Crippen LogP contribution in [0.2, 0.25) is 0 Å². The normalized spacial score (nSPS) is 22.2. The SMILES string of the molecule is CC1(CN)CCN(Cc2csc(-c3ccccn3)n2)C1.Cl. The van der Waals surface area contributed by atoms with Crippen LogP contribution in [0.15, 0.2) is 29.8 Å². The Morgan fingerprint density at radius 1 is 1.43 bits per heavy atom. The molecular formula is C15H21ClN4S. The number of aromatic nitrogens is 2. The molecule has 4 nitrogen and oxygen atoms in total. The summed E-state index contributed by atoms with van der Waals surface area (Å²) in [5.74, 6) is 0. The van der Waals surface area contributed by atoms with Crippen LogP contribution in [0.1, 0.15) is 19.0 Å². The topological polar surface area (TPSA) is 55.0 Å². The van der Waals surface area contributed by atoms with Gasteiger partial charge in [-0.3, -0.25) is 9.88 Å². The first-order valence-corrected chi connectivity index (χ1v) is 7.85. The van der Waals surface area contributed by atoms with Gasteiger partial charge < -0.3 is 5.73 Å². The first-order chi connectivity index (χ1) is 9.68. The average molecular weight is 325 g/mol. The van der Waals surface area contributed by atoms with Crippen LogP contribution in [-0.4, -0.2) is 34.5 Å². The lowest BCUT2D eigenvalue weighted by atomic mass is 9.90. The Bertz CT molecular complexity index is 574. The molecule has 0 amide bonds. The monoisotopic (exact) mass is 324 g/mol.